The lowest BCUT2D eigenvalue weighted by atomic mass is 10.2. The number of thiazole rings is 1. The molecule has 0 fully saturated rings. The van der Waals surface area contributed by atoms with Crippen LogP contribution in [0, 0.1) is 0 Å². The molecule has 0 bridgehead atoms. The molecule has 0 unspecified atom stereocenters. The van der Waals surface area contributed by atoms with E-state index in [1.807, 2.05) is 37.3 Å². The smallest absolute Gasteiger partial charge is 0.128 e. The van der Waals surface area contributed by atoms with Crippen LogP contribution in [0.15, 0.2) is 40.9 Å². The van der Waals surface area contributed by atoms with Gasteiger partial charge in [0.15, 0.2) is 0 Å². The lowest BCUT2D eigenvalue weighted by Gasteiger charge is -2.00. The number of benzene rings is 2. The van der Waals surface area contributed by atoms with E-state index in [1.54, 1.807) is 17.4 Å². The molecule has 1 aromatic heterocycles. The van der Waals surface area contributed by atoms with Gasteiger partial charge in [-0.1, -0.05) is 15.9 Å². The Labute approximate surface area is 129 Å². The van der Waals surface area contributed by atoms with E-state index < -0.39 is 0 Å². The number of fused-ring (bicyclic) bond motifs is 1. The Hall–Kier alpha value is -1.59. The number of rotatable bonds is 3. The molecule has 1 heterocycles. The molecule has 0 aliphatic heterocycles. The van der Waals surface area contributed by atoms with Crippen molar-refractivity contribution in [1.82, 2.24) is 4.98 Å². The molecular weight excluding hydrogens is 338 g/mol. The number of hydrogen-bond donors (Lipinski definition) is 1. The second-order valence-electron chi connectivity index (χ2n) is 4.24. The van der Waals surface area contributed by atoms with Crippen molar-refractivity contribution in [2.24, 2.45) is 0 Å². The van der Waals surface area contributed by atoms with Crippen LogP contribution in [0.25, 0.3) is 20.8 Å². The summed E-state index contributed by atoms with van der Waals surface area (Å²) >= 11 is 4.88. The van der Waals surface area contributed by atoms with Crippen LogP contribution < -0.4 is 4.74 Å². The molecule has 3 aromatic rings. The molecule has 0 aliphatic carbocycles. The molecule has 0 radical (unpaired) electrons. The Morgan fingerprint density at radius 2 is 2.10 bits per heavy atom. The molecule has 3 nitrogen and oxygen atoms in total. The first-order valence-corrected chi connectivity index (χ1v) is 7.80. The van der Waals surface area contributed by atoms with Crippen LogP contribution >= 0.6 is 27.3 Å². The van der Waals surface area contributed by atoms with Crippen molar-refractivity contribution in [3.8, 4) is 22.1 Å². The van der Waals surface area contributed by atoms with Gasteiger partial charge in [0.1, 0.15) is 16.5 Å². The standard InChI is InChI=1S/C15H12BrNO2S/c1-2-19-10-4-6-12-14(8-10)20-15(17-12)11-5-3-9(16)7-13(11)18/h3-8,18H,2H2,1H3. The number of phenols is 1. The molecule has 0 aliphatic rings. The highest BCUT2D eigenvalue weighted by molar-refractivity contribution is 9.10. The van der Waals surface area contributed by atoms with Gasteiger partial charge in [0.2, 0.25) is 0 Å². The third-order valence-corrected chi connectivity index (χ3v) is 4.41. The van der Waals surface area contributed by atoms with Crippen molar-refractivity contribution >= 4 is 37.5 Å². The highest BCUT2D eigenvalue weighted by Crippen LogP contribution is 2.37. The summed E-state index contributed by atoms with van der Waals surface area (Å²) in [5.74, 6) is 1.07. The average Bonchev–Trinajstić information content (AvgIpc) is 2.81. The van der Waals surface area contributed by atoms with Crippen LogP contribution in [-0.2, 0) is 0 Å². The van der Waals surface area contributed by atoms with E-state index in [1.165, 1.54) is 0 Å². The third-order valence-electron chi connectivity index (χ3n) is 2.86. The van der Waals surface area contributed by atoms with E-state index in [2.05, 4.69) is 20.9 Å². The van der Waals surface area contributed by atoms with Crippen molar-refractivity contribution in [1.29, 1.82) is 0 Å². The maximum absolute atomic E-state index is 10.0. The van der Waals surface area contributed by atoms with Gasteiger partial charge in [0, 0.05) is 4.47 Å². The molecule has 1 N–H and O–H groups in total. The molecule has 0 atom stereocenters. The predicted molar refractivity (Wildman–Crippen MR) is 85.6 cm³/mol. The number of halogens is 1. The zero-order valence-corrected chi connectivity index (χ0v) is 13.2. The minimum Gasteiger partial charge on any atom is -0.507 e. The van der Waals surface area contributed by atoms with E-state index in [0.717, 1.165) is 31.0 Å². The van der Waals surface area contributed by atoms with E-state index in [9.17, 15) is 5.11 Å². The number of aromatic hydroxyl groups is 1. The first-order chi connectivity index (χ1) is 9.67. The van der Waals surface area contributed by atoms with Crippen molar-refractivity contribution in [2.75, 3.05) is 6.61 Å². The SMILES string of the molecule is CCOc1ccc2nc(-c3ccc(Br)cc3O)sc2c1. The average molecular weight is 350 g/mol. The molecule has 0 saturated heterocycles. The van der Waals surface area contributed by atoms with Gasteiger partial charge in [0.25, 0.3) is 0 Å². The Kier molecular flexibility index (Phi) is 3.63. The summed E-state index contributed by atoms with van der Waals surface area (Å²) in [6, 6.07) is 11.3. The van der Waals surface area contributed by atoms with Crippen LogP contribution in [0.2, 0.25) is 0 Å². The summed E-state index contributed by atoms with van der Waals surface area (Å²) in [6.45, 7) is 2.60. The fourth-order valence-corrected chi connectivity index (χ4v) is 3.34. The molecule has 20 heavy (non-hydrogen) atoms. The molecule has 0 saturated carbocycles. The van der Waals surface area contributed by atoms with Gasteiger partial charge in [0.05, 0.1) is 22.4 Å². The summed E-state index contributed by atoms with van der Waals surface area (Å²) < 4.78 is 7.39. The number of ether oxygens (including phenoxy) is 1. The molecule has 0 amide bonds. The Morgan fingerprint density at radius 1 is 1.25 bits per heavy atom. The molecule has 3 rings (SSSR count). The van der Waals surface area contributed by atoms with Crippen LogP contribution in [0.3, 0.4) is 0 Å². The second kappa shape index (κ2) is 5.42. The summed E-state index contributed by atoms with van der Waals surface area (Å²) in [6.07, 6.45) is 0. The first-order valence-electron chi connectivity index (χ1n) is 6.19. The third kappa shape index (κ3) is 2.51. The van der Waals surface area contributed by atoms with Crippen molar-refractivity contribution in [3.63, 3.8) is 0 Å². The summed E-state index contributed by atoms with van der Waals surface area (Å²) in [7, 11) is 0. The quantitative estimate of drug-likeness (QED) is 0.736. The van der Waals surface area contributed by atoms with E-state index >= 15 is 0 Å². The van der Waals surface area contributed by atoms with Gasteiger partial charge < -0.3 is 9.84 Å². The van der Waals surface area contributed by atoms with Gasteiger partial charge >= 0.3 is 0 Å². The zero-order chi connectivity index (χ0) is 14.1. The van der Waals surface area contributed by atoms with Gasteiger partial charge in [-0.15, -0.1) is 11.3 Å². The van der Waals surface area contributed by atoms with Crippen LogP contribution in [-0.4, -0.2) is 16.7 Å². The Balaban J connectivity index is 2.08. The van der Waals surface area contributed by atoms with E-state index in [0.29, 0.717) is 6.61 Å². The predicted octanol–water partition coefficient (Wildman–Crippen LogP) is 4.83. The summed E-state index contributed by atoms with van der Waals surface area (Å²) in [4.78, 5) is 4.56. The number of aromatic nitrogens is 1. The minimum absolute atomic E-state index is 0.225. The lowest BCUT2D eigenvalue weighted by Crippen LogP contribution is -1.89. The molecule has 5 heteroatoms. The Morgan fingerprint density at radius 3 is 2.85 bits per heavy atom. The topological polar surface area (TPSA) is 42.4 Å². The van der Waals surface area contributed by atoms with Crippen LogP contribution in [0.5, 0.6) is 11.5 Å². The Bertz CT molecular complexity index is 770. The summed E-state index contributed by atoms with van der Waals surface area (Å²) in [5.41, 5.74) is 1.66. The highest BCUT2D eigenvalue weighted by Gasteiger charge is 2.11. The molecular formula is C15H12BrNO2S. The van der Waals surface area contributed by atoms with Crippen LogP contribution in [0.4, 0.5) is 0 Å². The fraction of sp³-hybridized carbons (Fsp3) is 0.133. The van der Waals surface area contributed by atoms with Gasteiger partial charge in [-0.3, -0.25) is 0 Å². The van der Waals surface area contributed by atoms with Gasteiger partial charge in [-0.05, 0) is 43.3 Å². The van der Waals surface area contributed by atoms with Crippen LogP contribution in [0.1, 0.15) is 6.92 Å². The largest absolute Gasteiger partial charge is 0.507 e. The number of phenolic OH excluding ortho intramolecular Hbond substituents is 1. The maximum Gasteiger partial charge on any atom is 0.128 e. The van der Waals surface area contributed by atoms with Gasteiger partial charge in [-0.25, -0.2) is 4.98 Å². The molecule has 0 spiro atoms. The second-order valence-corrected chi connectivity index (χ2v) is 6.19. The van der Waals surface area contributed by atoms with Gasteiger partial charge in [-0.2, -0.15) is 0 Å². The molecule has 102 valence electrons. The van der Waals surface area contributed by atoms with Crippen molar-refractivity contribution in [2.45, 2.75) is 6.92 Å². The van der Waals surface area contributed by atoms with Crippen molar-refractivity contribution in [3.05, 3.63) is 40.9 Å². The normalized spacial score (nSPS) is 10.9. The lowest BCUT2D eigenvalue weighted by molar-refractivity contribution is 0.341. The maximum atomic E-state index is 10.0. The van der Waals surface area contributed by atoms with Crippen molar-refractivity contribution < 1.29 is 9.84 Å². The fourth-order valence-electron chi connectivity index (χ4n) is 1.96. The number of nitrogens with zero attached hydrogens (tertiary/aromatic N) is 1. The zero-order valence-electron chi connectivity index (χ0n) is 10.8. The monoisotopic (exact) mass is 349 g/mol. The minimum atomic E-state index is 0.225. The summed E-state index contributed by atoms with van der Waals surface area (Å²) in [5, 5.41) is 10.8. The van der Waals surface area contributed by atoms with E-state index in [4.69, 9.17) is 4.74 Å². The molecule has 2 aromatic carbocycles. The number of hydrogen-bond acceptors (Lipinski definition) is 4. The van der Waals surface area contributed by atoms with E-state index in [-0.39, 0.29) is 5.75 Å². The first kappa shape index (κ1) is 13.4. The highest BCUT2D eigenvalue weighted by atomic mass is 79.9.